The standard InChI is InChI=1S/C15H22F2N4O2S2/c1-19(2)6-5-18-15(24)20-7-9-21(10-8-20)25(22,23)14-11-12(16)3-4-13(14)17/h3-4,11H,5-10H2,1-2H3,(H,18,24)/p+1. The van der Waals surface area contributed by atoms with Crippen LogP contribution in [-0.4, -0.2) is 76.1 Å². The molecule has 0 spiro atoms. The van der Waals surface area contributed by atoms with E-state index in [1.807, 2.05) is 19.0 Å². The van der Waals surface area contributed by atoms with E-state index in [4.69, 9.17) is 12.2 Å². The van der Waals surface area contributed by atoms with Crippen molar-refractivity contribution in [2.24, 2.45) is 0 Å². The number of likely N-dealkylation sites (N-methyl/N-ethyl adjacent to an activating group) is 1. The van der Waals surface area contributed by atoms with Gasteiger partial charge in [0.05, 0.1) is 27.2 Å². The highest BCUT2D eigenvalue weighted by molar-refractivity contribution is 7.89. The number of thiocarbonyl (C=S) groups is 1. The summed E-state index contributed by atoms with van der Waals surface area (Å²) in [5.41, 5.74) is 0. The molecule has 0 radical (unpaired) electrons. The van der Waals surface area contributed by atoms with Gasteiger partial charge in [-0.15, -0.1) is 0 Å². The van der Waals surface area contributed by atoms with Crippen LogP contribution < -0.4 is 10.2 Å². The van der Waals surface area contributed by atoms with Crippen molar-refractivity contribution >= 4 is 27.4 Å². The minimum Gasteiger partial charge on any atom is -0.357 e. The second-order valence-corrected chi connectivity index (χ2v) is 8.45. The summed E-state index contributed by atoms with van der Waals surface area (Å²) in [6, 6.07) is 2.43. The lowest BCUT2D eigenvalue weighted by Gasteiger charge is -2.35. The number of rotatable bonds is 5. The Morgan fingerprint density at radius 2 is 1.88 bits per heavy atom. The van der Waals surface area contributed by atoms with Crippen molar-refractivity contribution in [2.45, 2.75) is 4.90 Å². The molecule has 1 aliphatic rings. The van der Waals surface area contributed by atoms with E-state index >= 15 is 0 Å². The van der Waals surface area contributed by atoms with E-state index in [9.17, 15) is 17.2 Å². The zero-order chi connectivity index (χ0) is 18.6. The maximum absolute atomic E-state index is 13.8. The Hall–Kier alpha value is -1.36. The van der Waals surface area contributed by atoms with Gasteiger partial charge in [-0.2, -0.15) is 4.31 Å². The molecule has 0 atom stereocenters. The second-order valence-electron chi connectivity index (χ2n) is 6.15. The van der Waals surface area contributed by atoms with Crippen molar-refractivity contribution in [3.8, 4) is 0 Å². The fourth-order valence-electron chi connectivity index (χ4n) is 2.48. The van der Waals surface area contributed by atoms with Gasteiger partial charge in [-0.3, -0.25) is 0 Å². The summed E-state index contributed by atoms with van der Waals surface area (Å²) in [4.78, 5) is 2.55. The Morgan fingerprint density at radius 1 is 1.24 bits per heavy atom. The molecule has 0 amide bonds. The normalized spacial score (nSPS) is 16.3. The molecule has 2 N–H and O–H groups in total. The predicted molar refractivity (Wildman–Crippen MR) is 95.0 cm³/mol. The SMILES string of the molecule is C[NH+](C)CCNC(=S)N1CCN(S(=O)(=O)c2cc(F)ccc2F)CC1. The summed E-state index contributed by atoms with van der Waals surface area (Å²) in [6.45, 7) is 2.77. The number of quaternary nitrogens is 1. The molecular weight excluding hydrogens is 370 g/mol. The topological polar surface area (TPSA) is 57.1 Å². The van der Waals surface area contributed by atoms with Crippen LogP contribution in [-0.2, 0) is 10.0 Å². The zero-order valence-corrected chi connectivity index (χ0v) is 15.9. The second kappa shape index (κ2) is 8.35. The molecule has 0 bridgehead atoms. The van der Waals surface area contributed by atoms with Crippen LogP contribution in [0.4, 0.5) is 8.78 Å². The molecule has 1 fully saturated rings. The number of piperazine rings is 1. The van der Waals surface area contributed by atoms with Gasteiger partial charge < -0.3 is 15.1 Å². The van der Waals surface area contributed by atoms with Crippen LogP contribution in [0.1, 0.15) is 0 Å². The molecule has 0 aromatic heterocycles. The minimum atomic E-state index is -4.07. The van der Waals surface area contributed by atoms with Gasteiger partial charge in [-0.1, -0.05) is 0 Å². The lowest BCUT2D eigenvalue weighted by atomic mass is 10.3. The first-order valence-corrected chi connectivity index (χ1v) is 9.83. The van der Waals surface area contributed by atoms with Crippen LogP contribution in [0.5, 0.6) is 0 Å². The van der Waals surface area contributed by atoms with Crippen LogP contribution >= 0.6 is 12.2 Å². The Kier molecular flexibility index (Phi) is 6.66. The fourth-order valence-corrected chi connectivity index (χ4v) is 4.26. The molecule has 1 aromatic rings. The molecule has 1 saturated heterocycles. The first kappa shape index (κ1) is 20.0. The van der Waals surface area contributed by atoms with Crippen LogP contribution in [0.3, 0.4) is 0 Å². The highest BCUT2D eigenvalue weighted by atomic mass is 32.2. The maximum Gasteiger partial charge on any atom is 0.246 e. The van der Waals surface area contributed by atoms with E-state index < -0.39 is 26.6 Å². The summed E-state index contributed by atoms with van der Waals surface area (Å²) >= 11 is 5.32. The number of nitrogens with one attached hydrogen (secondary N) is 2. The molecule has 0 aliphatic carbocycles. The fraction of sp³-hybridized carbons (Fsp3) is 0.533. The Labute approximate surface area is 152 Å². The third-order valence-electron chi connectivity index (χ3n) is 3.94. The van der Waals surface area contributed by atoms with E-state index in [0.717, 1.165) is 29.5 Å². The molecule has 0 unspecified atom stereocenters. The van der Waals surface area contributed by atoms with Crippen molar-refractivity contribution in [3.05, 3.63) is 29.8 Å². The number of sulfonamides is 1. The first-order chi connectivity index (χ1) is 11.7. The molecule has 0 saturated carbocycles. The third-order valence-corrected chi connectivity index (χ3v) is 6.25. The number of nitrogens with zero attached hydrogens (tertiary/aromatic N) is 2. The molecule has 1 aliphatic heterocycles. The number of halogens is 2. The Morgan fingerprint density at radius 3 is 2.48 bits per heavy atom. The van der Waals surface area contributed by atoms with Crippen molar-refractivity contribution in [1.82, 2.24) is 14.5 Å². The van der Waals surface area contributed by atoms with Gasteiger partial charge in [0.2, 0.25) is 10.0 Å². The highest BCUT2D eigenvalue weighted by Gasteiger charge is 2.31. The minimum absolute atomic E-state index is 0.166. The van der Waals surface area contributed by atoms with E-state index in [-0.39, 0.29) is 13.1 Å². The molecule has 140 valence electrons. The lowest BCUT2D eigenvalue weighted by Crippen LogP contribution is -3.06. The van der Waals surface area contributed by atoms with Crippen molar-refractivity contribution in [1.29, 1.82) is 0 Å². The summed E-state index contributed by atoms with van der Waals surface area (Å²) in [5, 5.41) is 3.72. The van der Waals surface area contributed by atoms with Gasteiger partial charge in [-0.05, 0) is 30.4 Å². The van der Waals surface area contributed by atoms with Gasteiger partial charge in [0, 0.05) is 26.2 Å². The molecule has 25 heavy (non-hydrogen) atoms. The molecule has 1 aromatic carbocycles. The summed E-state index contributed by atoms with van der Waals surface area (Å²) in [6.07, 6.45) is 0. The Balaban J connectivity index is 1.97. The van der Waals surface area contributed by atoms with Crippen LogP contribution in [0.15, 0.2) is 23.1 Å². The monoisotopic (exact) mass is 393 g/mol. The van der Waals surface area contributed by atoms with Crippen LogP contribution in [0.25, 0.3) is 0 Å². The average Bonchev–Trinajstić information content (AvgIpc) is 2.56. The third kappa shape index (κ3) is 5.06. The number of hydrogen-bond acceptors (Lipinski definition) is 3. The summed E-state index contributed by atoms with van der Waals surface area (Å²) < 4.78 is 53.3. The van der Waals surface area contributed by atoms with E-state index in [2.05, 4.69) is 5.32 Å². The van der Waals surface area contributed by atoms with Crippen molar-refractivity contribution in [3.63, 3.8) is 0 Å². The van der Waals surface area contributed by atoms with Gasteiger partial charge in [0.1, 0.15) is 16.5 Å². The van der Waals surface area contributed by atoms with Crippen molar-refractivity contribution < 1.29 is 22.1 Å². The highest BCUT2D eigenvalue weighted by Crippen LogP contribution is 2.21. The number of benzene rings is 1. The van der Waals surface area contributed by atoms with E-state index in [1.165, 1.54) is 4.90 Å². The zero-order valence-electron chi connectivity index (χ0n) is 14.3. The average molecular weight is 394 g/mol. The van der Waals surface area contributed by atoms with Gasteiger partial charge >= 0.3 is 0 Å². The summed E-state index contributed by atoms with van der Waals surface area (Å²) in [7, 11) is 0.0153. The van der Waals surface area contributed by atoms with Crippen molar-refractivity contribution in [2.75, 3.05) is 53.4 Å². The lowest BCUT2D eigenvalue weighted by molar-refractivity contribution is -0.856. The number of hydrogen-bond donors (Lipinski definition) is 2. The summed E-state index contributed by atoms with van der Waals surface area (Å²) in [5.74, 6) is -1.74. The van der Waals surface area contributed by atoms with Crippen LogP contribution in [0.2, 0.25) is 0 Å². The van der Waals surface area contributed by atoms with Gasteiger partial charge in [0.25, 0.3) is 0 Å². The molecule has 1 heterocycles. The van der Waals surface area contributed by atoms with Gasteiger partial charge in [0.15, 0.2) is 5.11 Å². The Bertz CT molecular complexity index is 720. The molecule has 10 heteroatoms. The smallest absolute Gasteiger partial charge is 0.246 e. The first-order valence-electron chi connectivity index (χ1n) is 7.99. The maximum atomic E-state index is 13.8. The largest absolute Gasteiger partial charge is 0.357 e. The van der Waals surface area contributed by atoms with E-state index in [1.54, 1.807) is 0 Å². The molecule has 6 nitrogen and oxygen atoms in total. The van der Waals surface area contributed by atoms with Gasteiger partial charge in [-0.25, -0.2) is 17.2 Å². The molecular formula is C15H23F2N4O2S2+. The van der Waals surface area contributed by atoms with Crippen LogP contribution in [0, 0.1) is 11.6 Å². The molecule has 2 rings (SSSR count). The quantitative estimate of drug-likeness (QED) is 0.648. The predicted octanol–water partition coefficient (Wildman–Crippen LogP) is -0.710. The van der Waals surface area contributed by atoms with E-state index in [0.29, 0.717) is 24.3 Å².